The second-order valence-corrected chi connectivity index (χ2v) is 39.1. The summed E-state index contributed by atoms with van der Waals surface area (Å²) in [4.78, 5) is 71.3. The molecule has 45 nitrogen and oxygen atoms in total. The van der Waals surface area contributed by atoms with Crippen LogP contribution in [0, 0.1) is 0 Å². The minimum Gasteiger partial charge on any atom is -0.508 e. The summed E-state index contributed by atoms with van der Waals surface area (Å²) in [6.45, 7) is 24.4. The highest BCUT2D eigenvalue weighted by atomic mass is 31.2. The number of ketones is 3. The van der Waals surface area contributed by atoms with Crippen LogP contribution in [0.2, 0.25) is 0 Å². The maximum Gasteiger partial charge on any atom is 0.474 e. The molecule has 816 valence electrons. The largest absolute Gasteiger partial charge is 0.508 e. The number of hydrogen-bond donors (Lipinski definition) is 12. The predicted molar refractivity (Wildman–Crippen MR) is 526 cm³/mol. The van der Waals surface area contributed by atoms with Crippen LogP contribution in [0.15, 0.2) is 109 Å². The second-order valence-electron chi connectivity index (χ2n) is 29.1. The average Bonchev–Trinajstić information content (AvgIpc) is 0.860. The van der Waals surface area contributed by atoms with Gasteiger partial charge in [0.2, 0.25) is 0 Å². The number of rotatable bonds is 69. The van der Waals surface area contributed by atoms with Gasteiger partial charge >= 0.3 is 64.8 Å². The van der Waals surface area contributed by atoms with Crippen molar-refractivity contribution in [3.8, 4) is 69.0 Å². The fourth-order valence-electron chi connectivity index (χ4n) is 11.4. The molecule has 0 bridgehead atoms. The van der Waals surface area contributed by atoms with Gasteiger partial charge in [0.05, 0.1) is 155 Å². The first-order valence-electron chi connectivity index (χ1n) is 47.0. The Morgan fingerprint density at radius 2 is 0.424 bits per heavy atom. The van der Waals surface area contributed by atoms with E-state index in [0.29, 0.717) is 96.3 Å². The summed E-state index contributed by atoms with van der Waals surface area (Å²) >= 11 is 0. The Hall–Kier alpha value is -9.00. The highest BCUT2D eigenvalue weighted by Crippen LogP contribution is 2.54. The first-order chi connectivity index (χ1) is 68.5. The van der Waals surface area contributed by atoms with Crippen LogP contribution in [-0.4, -0.2) is 235 Å². The fraction of sp³-hybridized carbons (Fsp3) is 0.548. The molecule has 0 radical (unpaired) electrons. The maximum absolute atomic E-state index is 12.0. The van der Waals surface area contributed by atoms with Crippen LogP contribution in [0.25, 0.3) is 0 Å². The molecule has 6 rings (SSSR count). The van der Waals surface area contributed by atoms with Gasteiger partial charge < -0.3 is 75.5 Å². The molecule has 0 saturated heterocycles. The molecule has 0 spiro atoms. The monoisotopic (exact) mass is 2170 g/mol. The number of aromatic hydroxyl groups is 12. The van der Waals surface area contributed by atoms with E-state index >= 15 is 0 Å². The lowest BCUT2D eigenvalue weighted by atomic mass is 10.0. The molecule has 0 aliphatic carbocycles. The number of hydrogen-bond acceptors (Lipinski definition) is 45. The van der Waals surface area contributed by atoms with E-state index < -0.39 is 70.6 Å². The Labute approximate surface area is 840 Å². The van der Waals surface area contributed by atoms with Crippen LogP contribution in [-0.2, 0) is 123 Å². The Morgan fingerprint density at radius 1 is 0.201 bits per heavy atom. The normalized spacial score (nSPS) is 11.5. The molecule has 0 aromatic heterocycles. The molecule has 0 fully saturated rings. The maximum atomic E-state index is 12.0. The summed E-state index contributed by atoms with van der Waals surface area (Å²) in [6, 6.07) is 23.3. The quantitative estimate of drug-likeness (QED) is 0.00321. The number of carbonyl (C=O) groups is 6. The lowest BCUT2D eigenvalue weighted by Gasteiger charge is -2.16. The third-order valence-electron chi connectivity index (χ3n) is 17.9. The molecule has 6 aromatic rings. The van der Waals surface area contributed by atoms with Gasteiger partial charge in [-0.3, -0.25) is 95.8 Å². The molecule has 51 heteroatoms. The van der Waals surface area contributed by atoms with Crippen molar-refractivity contribution < 1.29 is 213 Å². The summed E-state index contributed by atoms with van der Waals surface area (Å²) in [5.74, 6) is -5.86. The number of para-hydroxylation sites is 2. The number of Topliss-reactive ketones (excluding diaryl/α,β-unsaturated/α-hetero) is 3. The topological polar surface area (TPSA) is 641 Å². The van der Waals surface area contributed by atoms with Crippen molar-refractivity contribution >= 4 is 82.2 Å². The first-order valence-corrected chi connectivity index (χ1v) is 55.7. The van der Waals surface area contributed by atoms with Gasteiger partial charge in [-0.2, -0.15) is 0 Å². The molecule has 0 unspecified atom stereocenters. The van der Waals surface area contributed by atoms with E-state index in [-0.39, 0.29) is 272 Å². The Balaban J connectivity index is 0.000000864. The predicted octanol–water partition coefficient (Wildman–Crippen LogP) is 21.8. The second kappa shape index (κ2) is 75.7. The zero-order chi connectivity index (χ0) is 108. The summed E-state index contributed by atoms with van der Waals surface area (Å²) in [5.41, 5.74) is 0.182. The molecule has 144 heavy (non-hydrogen) atoms. The zero-order valence-corrected chi connectivity index (χ0v) is 88.9. The Bertz CT molecular complexity index is 4550. The van der Waals surface area contributed by atoms with Gasteiger partial charge in [0, 0.05) is 31.4 Å². The first kappa shape index (κ1) is 133. The van der Waals surface area contributed by atoms with Gasteiger partial charge in [0.25, 0.3) is 0 Å². The third-order valence-corrected chi connectivity index (χ3v) is 27.8. The molecular formula is C93H144O45P6. The lowest BCUT2D eigenvalue weighted by molar-refractivity contribution is 0.0476. The van der Waals surface area contributed by atoms with E-state index in [1.54, 1.807) is 83.1 Å². The SMILES string of the molecule is CCOP(=O)(OCC)OCCCCCC(=O)c1cc(O)ccc1O.CCOP(=O)(OCC)OCCCCCC(=O)c1ccc(O)cc1O.CCOP(=O)(OCC)OCCCCCC(=O)c1cccc(O)c1O.CCOP(=O)(OCC)OCCCCOC(=O)c1cc(O)ccc1O.CCOP(=O)(OCC)OCCCCOC(=O)c1ccc(O)cc1O.CCOP(=O)(OCC)OCCCCOC(=O)c1cccc(O)c1O. The van der Waals surface area contributed by atoms with Crippen LogP contribution >= 0.6 is 46.9 Å². The lowest BCUT2D eigenvalue weighted by Crippen LogP contribution is -2.08. The molecule has 0 atom stereocenters. The van der Waals surface area contributed by atoms with Crippen LogP contribution in [0.1, 0.15) is 261 Å². The molecule has 6 aromatic carbocycles. The van der Waals surface area contributed by atoms with Crippen molar-refractivity contribution in [1.82, 2.24) is 0 Å². The summed E-state index contributed by atoms with van der Waals surface area (Å²) in [7, 11) is -21.0. The van der Waals surface area contributed by atoms with E-state index in [0.717, 1.165) is 18.2 Å². The molecule has 0 amide bonds. The standard InChI is InChI=1S/3C16H25O7P.3C15H23O8P/c1-3-21-24(20,22-4-2)23-12-7-5-6-10-14(17)13-9-8-11-15(18)16(13)19;1-3-21-24(20,22-4-2)23-11-7-5-6-8-15(18)14-12-13(17)9-10-16(14)19;1-3-21-24(20,22-4-2)23-11-7-5-6-8-15(18)14-10-9-13(17)12-16(14)19;1-3-21-24(19,22-4-2)23-11-6-5-10-20-15(18)12-8-7-9-13(16)14(12)17;1-3-21-24(19,22-4-2)23-10-6-5-9-20-15(18)13-11-12(16)7-8-14(13)17;1-3-21-24(19,22-4-2)23-10-6-5-9-20-15(18)13-8-7-12(16)11-14(13)17/h8-9,11,18-19H,3-7,10,12H2,1-2H3;2*9-10,12,17,19H,3-8,11H2,1-2H3;7-9,16-17H,3-6,10-11H2,1-2H3;2*7-8,11,16-17H,3-6,9-10H2,1-2H3. The smallest absolute Gasteiger partial charge is 0.474 e. The molecule has 0 aliphatic heterocycles. The number of ether oxygens (including phenoxy) is 3. The molecule has 0 heterocycles. The zero-order valence-electron chi connectivity index (χ0n) is 83.5. The summed E-state index contributed by atoms with van der Waals surface area (Å²) in [5, 5.41) is 113. The van der Waals surface area contributed by atoms with Crippen molar-refractivity contribution in [3.63, 3.8) is 0 Å². The summed E-state index contributed by atoms with van der Waals surface area (Å²) in [6.07, 6.45) is 9.25. The van der Waals surface area contributed by atoms with Crippen molar-refractivity contribution in [3.05, 3.63) is 143 Å². The number of carbonyl (C=O) groups excluding carboxylic acids is 6. The van der Waals surface area contributed by atoms with Gasteiger partial charge in [-0.15, -0.1) is 0 Å². The molecular weight excluding hydrogens is 2020 g/mol. The van der Waals surface area contributed by atoms with E-state index in [9.17, 15) is 112 Å². The number of benzene rings is 6. The average molecular weight is 2170 g/mol. The molecule has 12 N–H and O–H groups in total. The van der Waals surface area contributed by atoms with Crippen LogP contribution < -0.4 is 0 Å². The van der Waals surface area contributed by atoms with Crippen molar-refractivity contribution in [2.24, 2.45) is 0 Å². The van der Waals surface area contributed by atoms with Crippen LogP contribution in [0.4, 0.5) is 0 Å². The minimum absolute atomic E-state index is 0.0266. The van der Waals surface area contributed by atoms with Gasteiger partial charge in [0.15, 0.2) is 40.3 Å². The fourth-order valence-corrected chi connectivity index (χ4v) is 18.7. The Kier molecular flexibility index (Phi) is 69.9. The number of unbranched alkanes of at least 4 members (excludes halogenated alkanes) is 9. The van der Waals surface area contributed by atoms with Crippen molar-refractivity contribution in [2.75, 3.05) is 139 Å². The van der Waals surface area contributed by atoms with Gasteiger partial charge in [0.1, 0.15) is 62.7 Å². The summed E-state index contributed by atoms with van der Waals surface area (Å²) < 4.78 is 178. The minimum atomic E-state index is -3.52. The van der Waals surface area contributed by atoms with E-state index in [2.05, 4.69) is 0 Å². The highest BCUT2D eigenvalue weighted by molar-refractivity contribution is 7.49. The number of esters is 3. The highest BCUT2D eigenvalue weighted by Gasteiger charge is 2.31. The van der Waals surface area contributed by atoms with Gasteiger partial charge in [-0.25, -0.2) is 41.8 Å². The number of phosphoric acid groups is 6. The Morgan fingerprint density at radius 3 is 0.722 bits per heavy atom. The molecule has 0 aliphatic rings. The number of phenols is 12. The molecule has 0 saturated carbocycles. The van der Waals surface area contributed by atoms with E-state index in [1.807, 2.05) is 0 Å². The van der Waals surface area contributed by atoms with Gasteiger partial charge in [-0.1, -0.05) is 31.4 Å². The van der Waals surface area contributed by atoms with Gasteiger partial charge in [-0.05, 0) is 245 Å². The number of phosphoric ester groups is 6. The van der Waals surface area contributed by atoms with Crippen LogP contribution in [0.5, 0.6) is 69.0 Å². The number of phenolic OH excluding ortho intramolecular Hbond substituents is 12. The van der Waals surface area contributed by atoms with E-state index in [1.165, 1.54) is 91.0 Å². The van der Waals surface area contributed by atoms with E-state index in [4.69, 9.17) is 101 Å². The third kappa shape index (κ3) is 56.2. The van der Waals surface area contributed by atoms with Crippen LogP contribution in [0.3, 0.4) is 0 Å². The van der Waals surface area contributed by atoms with Crippen molar-refractivity contribution in [1.29, 1.82) is 0 Å². The van der Waals surface area contributed by atoms with Crippen molar-refractivity contribution in [2.45, 2.75) is 199 Å².